The number of hydrogen-bond acceptors (Lipinski definition) is 3. The summed E-state index contributed by atoms with van der Waals surface area (Å²) < 4.78 is 0. The van der Waals surface area contributed by atoms with E-state index in [-0.39, 0.29) is 23.1 Å². The van der Waals surface area contributed by atoms with Crippen LogP contribution in [0.15, 0.2) is 42.5 Å². The SMILES string of the molecule is Cc1ccc(NC(=O)C(C)C)cc1C1CCN(CCCNC(=O)C2(c3ccc(Cl)cc3)CC2)CC1. The van der Waals surface area contributed by atoms with Crippen LogP contribution in [0.3, 0.4) is 0 Å². The molecule has 2 fully saturated rings. The topological polar surface area (TPSA) is 61.4 Å². The highest BCUT2D eigenvalue weighted by atomic mass is 35.5. The van der Waals surface area contributed by atoms with Gasteiger partial charge in [-0.3, -0.25) is 9.59 Å². The minimum atomic E-state index is -0.343. The number of hydrogen-bond donors (Lipinski definition) is 2. The molecule has 6 heteroatoms. The second-order valence-electron chi connectivity index (χ2n) is 10.5. The third-order valence-electron chi connectivity index (χ3n) is 7.62. The van der Waals surface area contributed by atoms with Gasteiger partial charge in [0.1, 0.15) is 0 Å². The average Bonchev–Trinajstić information content (AvgIpc) is 3.66. The molecule has 4 rings (SSSR count). The minimum absolute atomic E-state index is 0.0278. The van der Waals surface area contributed by atoms with E-state index in [1.54, 1.807) is 0 Å². The molecule has 0 unspecified atom stereocenters. The number of nitrogens with zero attached hydrogens (tertiary/aromatic N) is 1. The van der Waals surface area contributed by atoms with Crippen molar-refractivity contribution in [1.82, 2.24) is 10.2 Å². The Hall–Kier alpha value is -2.37. The fraction of sp³-hybridized carbons (Fsp3) is 0.517. The number of rotatable bonds is 9. The van der Waals surface area contributed by atoms with E-state index in [4.69, 9.17) is 11.6 Å². The molecule has 2 amide bonds. The van der Waals surface area contributed by atoms with Crippen molar-refractivity contribution in [2.75, 3.05) is 31.5 Å². The van der Waals surface area contributed by atoms with Gasteiger partial charge < -0.3 is 15.5 Å². The number of benzene rings is 2. The third kappa shape index (κ3) is 6.25. The zero-order valence-electron chi connectivity index (χ0n) is 21.2. The van der Waals surface area contributed by atoms with Crippen LogP contribution in [-0.4, -0.2) is 42.9 Å². The first-order chi connectivity index (χ1) is 16.8. The van der Waals surface area contributed by atoms with E-state index in [1.807, 2.05) is 44.2 Å². The normalized spacial score (nSPS) is 17.9. The van der Waals surface area contributed by atoms with Crippen LogP contribution in [0.25, 0.3) is 0 Å². The number of aryl methyl sites for hydroxylation is 1. The molecule has 2 N–H and O–H groups in total. The molecule has 0 atom stereocenters. The number of halogens is 1. The molecule has 188 valence electrons. The first-order valence-corrected chi connectivity index (χ1v) is 13.3. The van der Waals surface area contributed by atoms with Gasteiger partial charge in [0.15, 0.2) is 0 Å². The Bertz CT molecular complexity index is 1040. The molecule has 1 saturated carbocycles. The Labute approximate surface area is 214 Å². The van der Waals surface area contributed by atoms with Gasteiger partial charge in [0.05, 0.1) is 5.41 Å². The molecule has 1 aliphatic carbocycles. The standard InChI is InChI=1S/C29H38ClN3O2/c1-20(2)27(34)32-25-10-5-21(3)26(19-25)22-11-17-33(18-12-22)16-4-15-31-28(35)29(13-14-29)23-6-8-24(30)9-7-23/h5-10,19-20,22H,4,11-18H2,1-3H3,(H,31,35)(H,32,34). The Morgan fingerprint density at radius 3 is 2.40 bits per heavy atom. The summed E-state index contributed by atoms with van der Waals surface area (Å²) in [4.78, 5) is 27.4. The van der Waals surface area contributed by atoms with Crippen LogP contribution < -0.4 is 10.6 Å². The van der Waals surface area contributed by atoms with Crippen LogP contribution in [0, 0.1) is 12.8 Å². The fourth-order valence-electron chi connectivity index (χ4n) is 5.13. The monoisotopic (exact) mass is 495 g/mol. The van der Waals surface area contributed by atoms with Crippen LogP contribution >= 0.6 is 11.6 Å². The van der Waals surface area contributed by atoms with E-state index in [2.05, 4.69) is 34.6 Å². The molecule has 2 aliphatic rings. The van der Waals surface area contributed by atoms with Crippen molar-refractivity contribution in [1.29, 1.82) is 0 Å². The molecule has 2 aromatic carbocycles. The van der Waals surface area contributed by atoms with Crippen molar-refractivity contribution >= 4 is 29.1 Å². The Kier molecular flexibility index (Phi) is 8.18. The van der Waals surface area contributed by atoms with Crippen LogP contribution in [0.1, 0.15) is 68.6 Å². The fourth-order valence-corrected chi connectivity index (χ4v) is 5.25. The molecule has 0 spiro atoms. The van der Waals surface area contributed by atoms with Crippen LogP contribution in [0.2, 0.25) is 5.02 Å². The van der Waals surface area contributed by atoms with Gasteiger partial charge in [-0.05, 0) is 106 Å². The van der Waals surface area contributed by atoms with E-state index < -0.39 is 0 Å². The van der Waals surface area contributed by atoms with Gasteiger partial charge in [0.2, 0.25) is 11.8 Å². The lowest BCUT2D eigenvalue weighted by Gasteiger charge is -2.33. The first kappa shape index (κ1) is 25.7. The van der Waals surface area contributed by atoms with Crippen LogP contribution in [0.4, 0.5) is 5.69 Å². The van der Waals surface area contributed by atoms with Crippen molar-refractivity contribution in [2.24, 2.45) is 5.92 Å². The van der Waals surface area contributed by atoms with E-state index in [0.29, 0.717) is 17.5 Å². The predicted molar refractivity (Wildman–Crippen MR) is 143 cm³/mol. The van der Waals surface area contributed by atoms with Gasteiger partial charge in [-0.2, -0.15) is 0 Å². The zero-order chi connectivity index (χ0) is 25.0. The zero-order valence-corrected chi connectivity index (χ0v) is 22.0. The Balaban J connectivity index is 1.21. The molecule has 1 aliphatic heterocycles. The molecule has 2 aromatic rings. The molecule has 0 radical (unpaired) electrons. The van der Waals surface area contributed by atoms with Gasteiger partial charge in [-0.1, -0.05) is 43.6 Å². The largest absolute Gasteiger partial charge is 0.355 e. The summed E-state index contributed by atoms with van der Waals surface area (Å²) in [5, 5.41) is 6.92. The third-order valence-corrected chi connectivity index (χ3v) is 7.87. The van der Waals surface area contributed by atoms with Crippen molar-refractivity contribution < 1.29 is 9.59 Å². The summed E-state index contributed by atoms with van der Waals surface area (Å²) in [6, 6.07) is 14.0. The smallest absolute Gasteiger partial charge is 0.230 e. The minimum Gasteiger partial charge on any atom is -0.355 e. The van der Waals surface area contributed by atoms with Gasteiger partial charge in [0.25, 0.3) is 0 Å². The number of likely N-dealkylation sites (tertiary alicyclic amines) is 1. The molecule has 5 nitrogen and oxygen atoms in total. The van der Waals surface area contributed by atoms with Crippen molar-refractivity contribution in [3.05, 3.63) is 64.2 Å². The van der Waals surface area contributed by atoms with Crippen molar-refractivity contribution in [3.8, 4) is 0 Å². The van der Waals surface area contributed by atoms with E-state index in [1.165, 1.54) is 11.1 Å². The predicted octanol–water partition coefficient (Wildman–Crippen LogP) is 5.66. The van der Waals surface area contributed by atoms with Crippen molar-refractivity contribution in [3.63, 3.8) is 0 Å². The number of carbonyl (C=O) groups is 2. The lowest BCUT2D eigenvalue weighted by molar-refractivity contribution is -0.123. The summed E-state index contributed by atoms with van der Waals surface area (Å²) in [5.41, 5.74) is 4.28. The Morgan fingerprint density at radius 2 is 1.77 bits per heavy atom. The second-order valence-corrected chi connectivity index (χ2v) is 11.0. The average molecular weight is 496 g/mol. The molecular formula is C29H38ClN3O2. The van der Waals surface area contributed by atoms with Crippen molar-refractivity contribution in [2.45, 2.75) is 64.2 Å². The number of anilines is 1. The number of piperidine rings is 1. The molecule has 0 aromatic heterocycles. The summed E-state index contributed by atoms with van der Waals surface area (Å²) in [7, 11) is 0. The molecule has 35 heavy (non-hydrogen) atoms. The summed E-state index contributed by atoms with van der Waals surface area (Å²) in [6.07, 6.45) is 5.03. The summed E-state index contributed by atoms with van der Waals surface area (Å²) >= 11 is 6.00. The van der Waals surface area contributed by atoms with E-state index in [0.717, 1.165) is 63.0 Å². The van der Waals surface area contributed by atoms with E-state index in [9.17, 15) is 9.59 Å². The molecular weight excluding hydrogens is 458 g/mol. The molecule has 0 bridgehead atoms. The second kappa shape index (κ2) is 11.1. The van der Waals surface area contributed by atoms with E-state index >= 15 is 0 Å². The maximum atomic E-state index is 12.8. The maximum Gasteiger partial charge on any atom is 0.230 e. The quantitative estimate of drug-likeness (QED) is 0.441. The lowest BCUT2D eigenvalue weighted by atomic mass is 9.86. The van der Waals surface area contributed by atoms with Gasteiger partial charge in [-0.25, -0.2) is 0 Å². The van der Waals surface area contributed by atoms with Crippen LogP contribution in [-0.2, 0) is 15.0 Å². The van der Waals surface area contributed by atoms with Gasteiger partial charge in [-0.15, -0.1) is 0 Å². The van der Waals surface area contributed by atoms with Gasteiger partial charge >= 0.3 is 0 Å². The Morgan fingerprint density at radius 1 is 1.09 bits per heavy atom. The number of nitrogens with one attached hydrogen (secondary N) is 2. The number of amides is 2. The maximum absolute atomic E-state index is 12.8. The highest BCUT2D eigenvalue weighted by Gasteiger charge is 2.50. The highest BCUT2D eigenvalue weighted by molar-refractivity contribution is 6.30. The summed E-state index contributed by atoms with van der Waals surface area (Å²) in [5.74, 6) is 0.705. The first-order valence-electron chi connectivity index (χ1n) is 13.0. The summed E-state index contributed by atoms with van der Waals surface area (Å²) in [6.45, 7) is 9.83. The number of carbonyl (C=O) groups excluding carboxylic acids is 2. The van der Waals surface area contributed by atoms with Crippen LogP contribution in [0.5, 0.6) is 0 Å². The molecule has 1 saturated heterocycles. The van der Waals surface area contributed by atoms with Gasteiger partial charge in [0, 0.05) is 23.2 Å². The highest BCUT2D eigenvalue weighted by Crippen LogP contribution is 2.48. The molecule has 1 heterocycles. The lowest BCUT2D eigenvalue weighted by Crippen LogP contribution is -2.38.